The Kier molecular flexibility index (Phi) is 4.66. The number of piperidine rings is 1. The van der Waals surface area contributed by atoms with Gasteiger partial charge < -0.3 is 4.90 Å². The van der Waals surface area contributed by atoms with Crippen molar-refractivity contribution < 1.29 is 14.4 Å². The van der Waals surface area contributed by atoms with Gasteiger partial charge in [0, 0.05) is 36.0 Å². The molecule has 1 aromatic rings. The summed E-state index contributed by atoms with van der Waals surface area (Å²) in [5, 5.41) is 1.39. The summed E-state index contributed by atoms with van der Waals surface area (Å²) in [4.78, 5) is 48.7. The number of halogens is 1. The van der Waals surface area contributed by atoms with Crippen LogP contribution in [-0.4, -0.2) is 62.7 Å². The van der Waals surface area contributed by atoms with E-state index in [1.807, 2.05) is 0 Å². The number of carbonyl (C=O) groups excluding carboxylic acids is 3. The van der Waals surface area contributed by atoms with E-state index in [9.17, 15) is 14.4 Å². The zero-order chi connectivity index (χ0) is 18.3. The zero-order valence-electron chi connectivity index (χ0n) is 13.7. The van der Waals surface area contributed by atoms with Crippen molar-refractivity contribution in [2.24, 2.45) is 4.99 Å². The number of imide groups is 1. The monoisotopic (exact) mass is 434 g/mol. The highest BCUT2D eigenvalue weighted by molar-refractivity contribution is 9.10. The minimum Gasteiger partial charge on any atom is -0.338 e. The lowest BCUT2D eigenvalue weighted by molar-refractivity contribution is -0.129. The molecule has 0 saturated carbocycles. The van der Waals surface area contributed by atoms with Crippen LogP contribution in [0.5, 0.6) is 0 Å². The van der Waals surface area contributed by atoms with Crippen molar-refractivity contribution in [1.29, 1.82) is 0 Å². The molecule has 0 bridgehead atoms. The van der Waals surface area contributed by atoms with Crippen LogP contribution < -0.4 is 0 Å². The Morgan fingerprint density at radius 3 is 2.73 bits per heavy atom. The molecular weight excluding hydrogens is 420 g/mol. The number of aromatic nitrogens is 1. The summed E-state index contributed by atoms with van der Waals surface area (Å²) in [5.74, 6) is -0.291. The second kappa shape index (κ2) is 6.96. The topological polar surface area (TPSA) is 82.9 Å². The number of likely N-dealkylation sites (tertiary alicyclic amines) is 1. The second-order valence-electron chi connectivity index (χ2n) is 6.26. The van der Waals surface area contributed by atoms with E-state index in [-0.39, 0.29) is 17.9 Å². The third-order valence-electron chi connectivity index (χ3n) is 4.68. The number of hydrogen-bond donors (Lipinski definition) is 0. The van der Waals surface area contributed by atoms with Gasteiger partial charge in [0.05, 0.1) is 11.3 Å². The van der Waals surface area contributed by atoms with Gasteiger partial charge in [-0.15, -0.1) is 11.8 Å². The predicted octanol–water partition coefficient (Wildman–Crippen LogP) is 2.48. The summed E-state index contributed by atoms with van der Waals surface area (Å²) in [6.07, 6.45) is 6.00. The molecule has 0 spiro atoms. The normalized spacial score (nSPS) is 23.3. The number of urea groups is 1. The molecule has 9 heteroatoms. The highest BCUT2D eigenvalue weighted by Crippen LogP contribution is 2.31. The molecule has 1 atom stereocenters. The maximum Gasteiger partial charge on any atom is 0.350 e. The molecule has 1 aromatic heterocycles. The molecule has 7 nitrogen and oxygen atoms in total. The van der Waals surface area contributed by atoms with Crippen molar-refractivity contribution in [3.8, 4) is 0 Å². The van der Waals surface area contributed by atoms with Crippen molar-refractivity contribution in [3.05, 3.63) is 40.0 Å². The lowest BCUT2D eigenvalue weighted by Gasteiger charge is -2.38. The van der Waals surface area contributed by atoms with E-state index in [1.165, 1.54) is 22.9 Å². The van der Waals surface area contributed by atoms with Gasteiger partial charge in [-0.05, 0) is 46.3 Å². The van der Waals surface area contributed by atoms with Crippen molar-refractivity contribution in [2.45, 2.75) is 24.1 Å². The summed E-state index contributed by atoms with van der Waals surface area (Å²) in [6, 6.07) is 1.03. The van der Waals surface area contributed by atoms with E-state index in [1.54, 1.807) is 28.6 Å². The SMILES string of the molecule is O=C(c1cncc(Br)c1)N1CCC(N2C(=O)N=C3C=CSC3C2=O)CC1. The fraction of sp³-hybridized carbons (Fsp3) is 0.353. The van der Waals surface area contributed by atoms with E-state index in [2.05, 4.69) is 25.9 Å². The quantitative estimate of drug-likeness (QED) is 0.713. The largest absolute Gasteiger partial charge is 0.350 e. The van der Waals surface area contributed by atoms with Crippen LogP contribution in [0.25, 0.3) is 0 Å². The first-order valence-corrected chi connectivity index (χ1v) is 9.95. The fourth-order valence-corrected chi connectivity index (χ4v) is 4.63. The molecule has 3 aliphatic heterocycles. The minimum atomic E-state index is -0.491. The Morgan fingerprint density at radius 2 is 2.00 bits per heavy atom. The molecule has 3 aliphatic rings. The van der Waals surface area contributed by atoms with Crippen LogP contribution in [0.15, 0.2) is 39.4 Å². The van der Waals surface area contributed by atoms with Gasteiger partial charge in [0.2, 0.25) is 0 Å². The smallest absolute Gasteiger partial charge is 0.338 e. The fourth-order valence-electron chi connectivity index (χ4n) is 3.38. The molecule has 0 aliphatic carbocycles. The first-order valence-electron chi connectivity index (χ1n) is 8.22. The van der Waals surface area contributed by atoms with Gasteiger partial charge in [-0.25, -0.2) is 4.79 Å². The first-order chi connectivity index (χ1) is 12.5. The van der Waals surface area contributed by atoms with Crippen LogP contribution in [0.1, 0.15) is 23.2 Å². The standard InChI is InChI=1S/C17H15BrN4O3S/c18-11-7-10(8-19-9-11)15(23)21-4-1-12(2-5-21)22-16(24)14-13(3-6-26-14)20-17(22)25/h3,6-9,12,14H,1-2,4-5H2. The van der Waals surface area contributed by atoms with Gasteiger partial charge in [-0.1, -0.05) is 0 Å². The van der Waals surface area contributed by atoms with Gasteiger partial charge in [-0.2, -0.15) is 4.99 Å². The summed E-state index contributed by atoms with van der Waals surface area (Å²) < 4.78 is 0.749. The van der Waals surface area contributed by atoms with Crippen LogP contribution in [0.4, 0.5) is 4.79 Å². The number of rotatable bonds is 2. The lowest BCUT2D eigenvalue weighted by Crippen LogP contribution is -2.55. The number of hydrogen-bond acceptors (Lipinski definition) is 5. The highest BCUT2D eigenvalue weighted by Gasteiger charge is 2.42. The van der Waals surface area contributed by atoms with Gasteiger partial charge in [0.25, 0.3) is 11.8 Å². The average molecular weight is 435 g/mol. The molecule has 1 fully saturated rings. The second-order valence-corrected chi connectivity index (χ2v) is 8.19. The summed E-state index contributed by atoms with van der Waals surface area (Å²) in [5.41, 5.74) is 1.06. The number of nitrogens with zero attached hydrogens (tertiary/aromatic N) is 4. The molecule has 0 N–H and O–H groups in total. The molecular formula is C17H15BrN4O3S. The number of fused-ring (bicyclic) bond motifs is 1. The molecule has 134 valence electrons. The Morgan fingerprint density at radius 1 is 1.23 bits per heavy atom. The highest BCUT2D eigenvalue weighted by atomic mass is 79.9. The van der Waals surface area contributed by atoms with Crippen LogP contribution in [0, 0.1) is 0 Å². The molecule has 4 rings (SSSR count). The minimum absolute atomic E-state index is 0.0931. The number of carbonyl (C=O) groups is 3. The summed E-state index contributed by atoms with van der Waals surface area (Å²) >= 11 is 4.69. The van der Waals surface area contributed by atoms with E-state index >= 15 is 0 Å². The van der Waals surface area contributed by atoms with Gasteiger partial charge in [0.15, 0.2) is 0 Å². The van der Waals surface area contributed by atoms with Gasteiger partial charge in [0.1, 0.15) is 5.25 Å². The first kappa shape index (κ1) is 17.4. The maximum absolute atomic E-state index is 12.7. The zero-order valence-corrected chi connectivity index (χ0v) is 16.1. The number of thioether (sulfide) groups is 1. The molecule has 4 amide bonds. The molecule has 4 heterocycles. The Labute approximate surface area is 162 Å². The number of allylic oxidation sites excluding steroid dienone is 1. The van der Waals surface area contributed by atoms with Crippen LogP contribution >= 0.6 is 27.7 Å². The summed E-state index contributed by atoms with van der Waals surface area (Å²) in [7, 11) is 0. The van der Waals surface area contributed by atoms with Crippen molar-refractivity contribution in [2.75, 3.05) is 13.1 Å². The van der Waals surface area contributed by atoms with E-state index < -0.39 is 11.3 Å². The Balaban J connectivity index is 1.43. The Hall–Kier alpha value is -2.00. The van der Waals surface area contributed by atoms with E-state index in [0.29, 0.717) is 37.2 Å². The molecule has 26 heavy (non-hydrogen) atoms. The predicted molar refractivity (Wildman–Crippen MR) is 101 cm³/mol. The summed E-state index contributed by atoms with van der Waals surface area (Å²) in [6.45, 7) is 0.972. The van der Waals surface area contributed by atoms with Gasteiger partial charge in [-0.3, -0.25) is 19.5 Å². The number of amides is 4. The van der Waals surface area contributed by atoms with Crippen LogP contribution in [0.3, 0.4) is 0 Å². The third-order valence-corrected chi connectivity index (χ3v) is 6.13. The molecule has 0 radical (unpaired) electrons. The van der Waals surface area contributed by atoms with Crippen LogP contribution in [0.2, 0.25) is 0 Å². The van der Waals surface area contributed by atoms with Crippen molar-refractivity contribution in [1.82, 2.24) is 14.8 Å². The average Bonchev–Trinajstić information content (AvgIpc) is 3.10. The molecule has 0 aromatic carbocycles. The lowest BCUT2D eigenvalue weighted by atomic mass is 10.0. The third kappa shape index (κ3) is 3.09. The van der Waals surface area contributed by atoms with E-state index in [0.717, 1.165) is 4.47 Å². The number of pyridine rings is 1. The van der Waals surface area contributed by atoms with Gasteiger partial charge >= 0.3 is 6.03 Å². The molecule has 1 saturated heterocycles. The van der Waals surface area contributed by atoms with Crippen molar-refractivity contribution in [3.63, 3.8) is 0 Å². The van der Waals surface area contributed by atoms with Crippen LogP contribution in [-0.2, 0) is 4.79 Å². The van der Waals surface area contributed by atoms with Crippen molar-refractivity contribution >= 4 is 51.2 Å². The molecule has 1 unspecified atom stereocenters. The number of aliphatic imine (C=N–C) groups is 1. The van der Waals surface area contributed by atoms with E-state index in [4.69, 9.17) is 0 Å². The Bertz CT molecular complexity index is 848. The maximum atomic E-state index is 12.7.